The molecule has 0 radical (unpaired) electrons. The molecule has 0 aromatic carbocycles. The quantitative estimate of drug-likeness (QED) is 0.536. The summed E-state index contributed by atoms with van der Waals surface area (Å²) in [6.07, 6.45) is 4.90. The van der Waals surface area contributed by atoms with E-state index in [0.29, 0.717) is 6.42 Å². The van der Waals surface area contributed by atoms with Gasteiger partial charge in [0.1, 0.15) is 0 Å². The maximum atomic E-state index is 13.2. The Hall–Kier alpha value is -2.15. The first kappa shape index (κ1) is 20.2. The van der Waals surface area contributed by atoms with Crippen molar-refractivity contribution in [2.45, 2.75) is 64.0 Å². The predicted octanol–water partition coefficient (Wildman–Crippen LogP) is 4.17. The van der Waals surface area contributed by atoms with Crippen molar-refractivity contribution in [3.8, 4) is 12.1 Å². The van der Waals surface area contributed by atoms with E-state index >= 15 is 0 Å². The molecule has 138 valence electrons. The zero-order valence-corrected chi connectivity index (χ0v) is 17.2. The van der Waals surface area contributed by atoms with Crippen LogP contribution in [0, 0.1) is 28.1 Å². The van der Waals surface area contributed by atoms with Crippen molar-refractivity contribution in [3.05, 3.63) is 36.1 Å². The van der Waals surface area contributed by atoms with Crippen LogP contribution in [0.2, 0.25) is 19.6 Å². The highest BCUT2D eigenvalue weighted by Gasteiger charge is 2.72. The van der Waals surface area contributed by atoms with E-state index in [2.05, 4.69) is 18.7 Å². The summed E-state index contributed by atoms with van der Waals surface area (Å²) in [5, 5.41) is 20.1. The average Bonchev–Trinajstić information content (AvgIpc) is 2.54. The average molecular weight is 371 g/mol. The molecule has 0 aromatic rings. The van der Waals surface area contributed by atoms with Crippen LogP contribution in [0.1, 0.15) is 33.1 Å². The van der Waals surface area contributed by atoms with Crippen molar-refractivity contribution in [2.24, 2.45) is 5.41 Å². The fraction of sp³-hybridized carbons (Fsp3) is 0.550. The fourth-order valence-corrected chi connectivity index (χ4v) is 5.45. The second-order valence-electron chi connectivity index (χ2n) is 8.19. The first-order valence-corrected chi connectivity index (χ1v) is 12.1. The van der Waals surface area contributed by atoms with Crippen LogP contribution < -0.4 is 0 Å². The summed E-state index contributed by atoms with van der Waals surface area (Å²) in [6, 6.07) is 4.32. The predicted molar refractivity (Wildman–Crippen MR) is 101 cm³/mol. The van der Waals surface area contributed by atoms with E-state index in [1.165, 1.54) is 18.4 Å². The lowest BCUT2D eigenvalue weighted by atomic mass is 9.55. The molecule has 0 bridgehead atoms. The van der Waals surface area contributed by atoms with Gasteiger partial charge in [-0.3, -0.25) is 4.79 Å². The third kappa shape index (κ3) is 2.74. The van der Waals surface area contributed by atoms with Crippen LogP contribution in [0.25, 0.3) is 0 Å². The molecule has 0 amide bonds. The van der Waals surface area contributed by atoms with Crippen LogP contribution >= 0.6 is 0 Å². The Bertz CT molecular complexity index is 764. The van der Waals surface area contributed by atoms with Gasteiger partial charge in [0.05, 0.1) is 18.4 Å². The molecule has 2 rings (SSSR count). The van der Waals surface area contributed by atoms with E-state index in [9.17, 15) is 15.3 Å². The molecule has 0 saturated heterocycles. The number of carbonyl (C=O) groups excluding carboxylic acids is 1. The molecule has 1 aliphatic carbocycles. The molecule has 0 aromatic heterocycles. The highest BCUT2D eigenvalue weighted by Crippen LogP contribution is 2.57. The second-order valence-corrected chi connectivity index (χ2v) is 12.6. The number of ketones is 1. The van der Waals surface area contributed by atoms with Gasteiger partial charge in [-0.2, -0.15) is 10.5 Å². The number of allylic oxidation sites excluding steroid dienone is 1. The van der Waals surface area contributed by atoms with Crippen molar-refractivity contribution in [1.82, 2.24) is 0 Å². The summed E-state index contributed by atoms with van der Waals surface area (Å²) in [4.78, 5) is 13.2. The van der Waals surface area contributed by atoms with Gasteiger partial charge in [-0.15, -0.1) is 6.58 Å². The highest BCUT2D eigenvalue weighted by molar-refractivity contribution is 6.70. The first-order chi connectivity index (χ1) is 12.0. The van der Waals surface area contributed by atoms with E-state index in [1.807, 2.05) is 33.5 Å². The minimum Gasteiger partial charge on any atom is -0.488 e. The van der Waals surface area contributed by atoms with Crippen molar-refractivity contribution >= 4 is 14.1 Å². The minimum absolute atomic E-state index is 0.0876. The van der Waals surface area contributed by atoms with Crippen LogP contribution in [-0.2, 0) is 14.0 Å². The number of hydrogen-bond acceptors (Lipinski definition) is 5. The van der Waals surface area contributed by atoms with E-state index in [4.69, 9.17) is 9.16 Å². The fourth-order valence-electron chi connectivity index (χ4n) is 4.07. The third-order valence-electron chi connectivity index (χ3n) is 5.30. The van der Waals surface area contributed by atoms with Gasteiger partial charge >= 0.3 is 0 Å². The second kappa shape index (κ2) is 6.54. The van der Waals surface area contributed by atoms with Gasteiger partial charge in [0.2, 0.25) is 0 Å². The standard InChI is InChI=1S/C20H26N2O3Si/c1-7-9-18(13-21,14-22)20-12-16(3)15(2)11-19(20,25-26(4,5)6)17(23)8-10-24-20/h7-8,10H,1,9,11-12H2,2-6H3. The summed E-state index contributed by atoms with van der Waals surface area (Å²) >= 11 is 0. The molecule has 26 heavy (non-hydrogen) atoms. The van der Waals surface area contributed by atoms with Gasteiger partial charge in [-0.1, -0.05) is 17.2 Å². The van der Waals surface area contributed by atoms with E-state index in [0.717, 1.165) is 11.1 Å². The molecule has 6 heteroatoms. The third-order valence-corrected chi connectivity index (χ3v) is 6.26. The smallest absolute Gasteiger partial charge is 0.193 e. The van der Waals surface area contributed by atoms with E-state index in [-0.39, 0.29) is 18.6 Å². The van der Waals surface area contributed by atoms with Crippen LogP contribution in [0.3, 0.4) is 0 Å². The monoisotopic (exact) mass is 370 g/mol. The Balaban J connectivity index is 2.89. The Morgan fingerprint density at radius 3 is 2.38 bits per heavy atom. The lowest BCUT2D eigenvalue weighted by Gasteiger charge is -2.58. The molecule has 0 spiro atoms. The summed E-state index contributed by atoms with van der Waals surface area (Å²) in [7, 11) is -2.23. The number of fused-ring (bicyclic) bond motifs is 1. The summed E-state index contributed by atoms with van der Waals surface area (Å²) < 4.78 is 12.6. The normalized spacial score (nSPS) is 28.7. The number of hydrogen-bond donors (Lipinski definition) is 0. The zero-order chi connectivity index (χ0) is 19.8. The molecule has 1 aliphatic heterocycles. The maximum absolute atomic E-state index is 13.2. The maximum Gasteiger partial charge on any atom is 0.193 e. The Morgan fingerprint density at radius 2 is 1.88 bits per heavy atom. The number of ether oxygens (including phenoxy) is 1. The first-order valence-electron chi connectivity index (χ1n) is 8.71. The lowest BCUT2D eigenvalue weighted by molar-refractivity contribution is -0.196. The van der Waals surface area contributed by atoms with Crippen LogP contribution in [0.5, 0.6) is 0 Å². The zero-order valence-electron chi connectivity index (χ0n) is 16.2. The summed E-state index contributed by atoms with van der Waals surface area (Å²) in [5.41, 5.74) is -2.33. The number of carbonyl (C=O) groups is 1. The summed E-state index contributed by atoms with van der Waals surface area (Å²) in [6.45, 7) is 13.6. The molecular formula is C20H26N2O3Si. The van der Waals surface area contributed by atoms with Gasteiger partial charge in [0, 0.05) is 25.3 Å². The van der Waals surface area contributed by atoms with Gasteiger partial charge in [-0.25, -0.2) is 0 Å². The van der Waals surface area contributed by atoms with Crippen molar-refractivity contribution < 1.29 is 14.0 Å². The van der Waals surface area contributed by atoms with Gasteiger partial charge in [-0.05, 0) is 33.5 Å². The van der Waals surface area contributed by atoms with Crippen LogP contribution in [0.4, 0.5) is 0 Å². The van der Waals surface area contributed by atoms with Crippen molar-refractivity contribution in [2.75, 3.05) is 0 Å². The number of nitriles is 2. The summed E-state index contributed by atoms with van der Waals surface area (Å²) in [5.74, 6) is -0.239. The number of nitrogens with zero attached hydrogens (tertiary/aromatic N) is 2. The van der Waals surface area contributed by atoms with Crippen molar-refractivity contribution in [1.29, 1.82) is 10.5 Å². The SMILES string of the molecule is C=CCC(C#N)(C#N)C12CC(C)=C(C)CC1(O[Si](C)(C)C)C(=O)C=CO2. The molecule has 2 aliphatic rings. The van der Waals surface area contributed by atoms with Crippen LogP contribution in [0.15, 0.2) is 36.1 Å². The molecule has 0 fully saturated rings. The number of rotatable bonds is 5. The Kier molecular flexibility index (Phi) is 5.07. The van der Waals surface area contributed by atoms with E-state index in [1.54, 1.807) is 0 Å². The largest absolute Gasteiger partial charge is 0.488 e. The van der Waals surface area contributed by atoms with Gasteiger partial charge in [0.15, 0.2) is 30.7 Å². The molecule has 2 unspecified atom stereocenters. The topological polar surface area (TPSA) is 83.1 Å². The lowest BCUT2D eigenvalue weighted by Crippen LogP contribution is -2.72. The van der Waals surface area contributed by atoms with E-state index < -0.39 is 24.9 Å². The molecule has 0 saturated carbocycles. The molecule has 1 heterocycles. The van der Waals surface area contributed by atoms with Crippen molar-refractivity contribution in [3.63, 3.8) is 0 Å². The Morgan fingerprint density at radius 1 is 1.31 bits per heavy atom. The molecule has 0 N–H and O–H groups in total. The van der Waals surface area contributed by atoms with Gasteiger partial charge < -0.3 is 9.16 Å². The molecule has 5 nitrogen and oxygen atoms in total. The van der Waals surface area contributed by atoms with Gasteiger partial charge in [0.25, 0.3) is 0 Å². The highest BCUT2D eigenvalue weighted by atomic mass is 28.4. The van der Waals surface area contributed by atoms with Crippen LogP contribution in [-0.4, -0.2) is 25.3 Å². The molecular weight excluding hydrogens is 344 g/mol. The minimum atomic E-state index is -2.23. The Labute approximate surface area is 156 Å². The molecule has 2 atom stereocenters.